The lowest BCUT2D eigenvalue weighted by molar-refractivity contribution is -0.385. The molecule has 0 aliphatic carbocycles. The van der Waals surface area contributed by atoms with Gasteiger partial charge in [-0.3, -0.25) is 10.1 Å². The Balaban J connectivity index is 2.85. The highest BCUT2D eigenvalue weighted by Gasteiger charge is 2.15. The van der Waals surface area contributed by atoms with E-state index in [1.165, 1.54) is 11.6 Å². The number of hydrogen-bond donors (Lipinski definition) is 1. The molecule has 0 spiro atoms. The van der Waals surface area contributed by atoms with Gasteiger partial charge in [-0.05, 0) is 24.6 Å². The molecule has 5 nitrogen and oxygen atoms in total. The molecule has 0 fully saturated rings. The van der Waals surface area contributed by atoms with Crippen molar-refractivity contribution in [3.63, 3.8) is 0 Å². The maximum absolute atomic E-state index is 10.9. The molecule has 0 saturated heterocycles. The van der Waals surface area contributed by atoms with Crippen molar-refractivity contribution < 1.29 is 9.66 Å². The van der Waals surface area contributed by atoms with Crippen LogP contribution in [0.2, 0.25) is 0 Å². The first-order valence-electron chi connectivity index (χ1n) is 6.14. The molecule has 0 radical (unpaired) electrons. The third-order valence-electron chi connectivity index (χ3n) is 2.46. The summed E-state index contributed by atoms with van der Waals surface area (Å²) in [5.41, 5.74) is 1.98. The van der Waals surface area contributed by atoms with Crippen molar-refractivity contribution in [3.8, 4) is 5.75 Å². The normalized spacial score (nSPS) is 11.4. The van der Waals surface area contributed by atoms with Crippen LogP contribution in [-0.4, -0.2) is 18.1 Å². The molecule has 0 amide bonds. The molecule has 0 bridgehead atoms. The number of nitro groups is 1. The van der Waals surface area contributed by atoms with Crippen molar-refractivity contribution in [2.24, 2.45) is 0 Å². The summed E-state index contributed by atoms with van der Waals surface area (Å²) in [6.07, 6.45) is 1.02. The lowest BCUT2D eigenvalue weighted by Crippen LogP contribution is -2.14. The summed E-state index contributed by atoms with van der Waals surface area (Å²) >= 11 is 11.1. The second-order valence-corrected chi connectivity index (χ2v) is 4.78. The summed E-state index contributed by atoms with van der Waals surface area (Å²) in [6.45, 7) is 3.57. The van der Waals surface area contributed by atoms with E-state index in [-0.39, 0.29) is 23.1 Å². The second kappa shape index (κ2) is 8.79. The van der Waals surface area contributed by atoms with Crippen LogP contribution in [0.3, 0.4) is 0 Å². The summed E-state index contributed by atoms with van der Waals surface area (Å²) in [4.78, 5) is 10.5. The predicted molar refractivity (Wildman–Crippen MR) is 80.4 cm³/mol. The van der Waals surface area contributed by atoms with E-state index in [9.17, 15) is 10.1 Å². The number of rotatable bonds is 8. The van der Waals surface area contributed by atoms with E-state index in [1.54, 1.807) is 12.1 Å². The number of nitro benzene ring substituents is 1. The topological polar surface area (TPSA) is 64.4 Å². The first-order chi connectivity index (χ1) is 9.58. The molecule has 0 aliphatic heterocycles. The SMILES string of the molecule is CCCNCc1ccc([N+](=O)[O-])c(OCC(Cl)=CCl)c1. The van der Waals surface area contributed by atoms with Gasteiger partial charge in [-0.2, -0.15) is 0 Å². The number of nitrogens with one attached hydrogen (secondary N) is 1. The number of benzene rings is 1. The largest absolute Gasteiger partial charge is 0.481 e. The molecule has 0 aliphatic rings. The van der Waals surface area contributed by atoms with E-state index in [4.69, 9.17) is 27.9 Å². The van der Waals surface area contributed by atoms with Crippen molar-refractivity contribution >= 4 is 28.9 Å². The molecule has 0 aromatic heterocycles. The fourth-order valence-electron chi connectivity index (χ4n) is 1.52. The Morgan fingerprint density at radius 1 is 1.55 bits per heavy atom. The molecule has 0 heterocycles. The van der Waals surface area contributed by atoms with E-state index in [1.807, 2.05) is 0 Å². The molecule has 1 aromatic carbocycles. The average Bonchev–Trinajstić information content (AvgIpc) is 2.44. The van der Waals surface area contributed by atoms with Gasteiger partial charge in [0.05, 0.1) is 9.96 Å². The van der Waals surface area contributed by atoms with Gasteiger partial charge in [-0.25, -0.2) is 0 Å². The van der Waals surface area contributed by atoms with Gasteiger partial charge < -0.3 is 10.1 Å². The molecule has 0 atom stereocenters. The third-order valence-corrected chi connectivity index (χ3v) is 3.05. The summed E-state index contributed by atoms with van der Waals surface area (Å²) in [5, 5.41) is 14.4. The summed E-state index contributed by atoms with van der Waals surface area (Å²) < 4.78 is 5.34. The zero-order valence-corrected chi connectivity index (χ0v) is 12.6. The lowest BCUT2D eigenvalue weighted by Gasteiger charge is -2.09. The molecule has 20 heavy (non-hydrogen) atoms. The number of halogens is 2. The van der Waals surface area contributed by atoms with Crippen molar-refractivity contribution in [2.75, 3.05) is 13.2 Å². The molecule has 110 valence electrons. The van der Waals surface area contributed by atoms with Crippen LogP contribution in [0.4, 0.5) is 5.69 Å². The molecule has 1 aromatic rings. The Hall–Kier alpha value is -1.30. The van der Waals surface area contributed by atoms with Crippen LogP contribution in [0.15, 0.2) is 28.8 Å². The number of hydrogen-bond acceptors (Lipinski definition) is 4. The number of ether oxygens (including phenoxy) is 1. The molecule has 0 unspecified atom stereocenters. The Kier molecular flexibility index (Phi) is 7.36. The Morgan fingerprint density at radius 3 is 2.90 bits per heavy atom. The standard InChI is InChI=1S/C13H16Cl2N2O3/c1-2-5-16-8-10-3-4-12(17(18)19)13(6-10)20-9-11(15)7-14/h3-4,6-7,16H,2,5,8-9H2,1H3. The van der Waals surface area contributed by atoms with Gasteiger partial charge in [0, 0.05) is 18.1 Å². The second-order valence-electron chi connectivity index (χ2n) is 4.08. The monoisotopic (exact) mass is 318 g/mol. The van der Waals surface area contributed by atoms with E-state index in [0.717, 1.165) is 18.5 Å². The van der Waals surface area contributed by atoms with Crippen molar-refractivity contribution in [1.29, 1.82) is 0 Å². The van der Waals surface area contributed by atoms with Crippen LogP contribution in [0.5, 0.6) is 5.75 Å². The Labute approximate surface area is 127 Å². The zero-order valence-electron chi connectivity index (χ0n) is 11.1. The van der Waals surface area contributed by atoms with Gasteiger partial charge in [0.15, 0.2) is 5.75 Å². The number of nitrogens with zero attached hydrogens (tertiary/aromatic N) is 1. The van der Waals surface area contributed by atoms with Gasteiger partial charge in [-0.15, -0.1) is 0 Å². The summed E-state index contributed by atoms with van der Waals surface area (Å²) in [7, 11) is 0. The van der Waals surface area contributed by atoms with Gasteiger partial charge >= 0.3 is 5.69 Å². The predicted octanol–water partition coefficient (Wildman–Crippen LogP) is 3.79. The highest BCUT2D eigenvalue weighted by molar-refractivity contribution is 6.36. The Morgan fingerprint density at radius 2 is 2.30 bits per heavy atom. The zero-order chi connectivity index (χ0) is 15.0. The van der Waals surface area contributed by atoms with E-state index < -0.39 is 4.92 Å². The highest BCUT2D eigenvalue weighted by atomic mass is 35.5. The van der Waals surface area contributed by atoms with Gasteiger partial charge in [0.25, 0.3) is 0 Å². The Bertz CT molecular complexity index is 493. The first-order valence-corrected chi connectivity index (χ1v) is 6.95. The summed E-state index contributed by atoms with van der Waals surface area (Å²) in [5.74, 6) is 0.183. The lowest BCUT2D eigenvalue weighted by atomic mass is 10.2. The van der Waals surface area contributed by atoms with Gasteiger partial charge in [0.1, 0.15) is 6.61 Å². The third kappa shape index (κ3) is 5.36. The average molecular weight is 319 g/mol. The van der Waals surface area contributed by atoms with Crippen molar-refractivity contribution in [3.05, 3.63) is 44.4 Å². The van der Waals surface area contributed by atoms with Gasteiger partial charge in [0.2, 0.25) is 0 Å². The molecule has 1 N–H and O–H groups in total. The minimum absolute atomic E-state index is 0.00224. The molecule has 0 saturated carbocycles. The van der Waals surface area contributed by atoms with Crippen LogP contribution in [-0.2, 0) is 6.54 Å². The fourth-order valence-corrected chi connectivity index (χ4v) is 1.64. The highest BCUT2D eigenvalue weighted by Crippen LogP contribution is 2.28. The molecule has 7 heteroatoms. The van der Waals surface area contributed by atoms with E-state index in [2.05, 4.69) is 12.2 Å². The minimum Gasteiger partial charge on any atom is -0.481 e. The van der Waals surface area contributed by atoms with Crippen molar-refractivity contribution in [2.45, 2.75) is 19.9 Å². The van der Waals surface area contributed by atoms with Crippen LogP contribution >= 0.6 is 23.2 Å². The molecule has 1 rings (SSSR count). The van der Waals surface area contributed by atoms with E-state index in [0.29, 0.717) is 6.54 Å². The fraction of sp³-hybridized carbons (Fsp3) is 0.385. The van der Waals surface area contributed by atoms with Crippen molar-refractivity contribution in [1.82, 2.24) is 5.32 Å². The maximum Gasteiger partial charge on any atom is 0.310 e. The minimum atomic E-state index is -0.489. The summed E-state index contributed by atoms with van der Waals surface area (Å²) in [6, 6.07) is 4.77. The quantitative estimate of drug-likeness (QED) is 0.450. The molecular formula is C13H16Cl2N2O3. The first kappa shape index (κ1) is 16.8. The smallest absolute Gasteiger partial charge is 0.310 e. The van der Waals surface area contributed by atoms with Crippen LogP contribution in [0.25, 0.3) is 0 Å². The van der Waals surface area contributed by atoms with E-state index >= 15 is 0 Å². The molecular weight excluding hydrogens is 303 g/mol. The maximum atomic E-state index is 10.9. The van der Waals surface area contributed by atoms with Crippen LogP contribution < -0.4 is 10.1 Å². The van der Waals surface area contributed by atoms with Crippen LogP contribution in [0.1, 0.15) is 18.9 Å². The van der Waals surface area contributed by atoms with Gasteiger partial charge in [-0.1, -0.05) is 36.2 Å². The van der Waals surface area contributed by atoms with Crippen LogP contribution in [0, 0.1) is 10.1 Å².